The van der Waals surface area contributed by atoms with Gasteiger partial charge in [-0.3, -0.25) is 4.79 Å². The molecule has 70 valence electrons. The molecule has 0 aromatic carbocycles. The summed E-state index contributed by atoms with van der Waals surface area (Å²) < 4.78 is 0. The molecule has 1 aromatic heterocycles. The molecule has 2 N–H and O–H groups in total. The Morgan fingerprint density at radius 2 is 2.15 bits per heavy atom. The van der Waals surface area contributed by atoms with Gasteiger partial charge in [-0.1, -0.05) is 0 Å². The number of hydrogen-bond acceptors (Lipinski definition) is 4. The number of carboxylic acid groups (broad SMARTS) is 1. The molecule has 0 atom stereocenters. The maximum absolute atomic E-state index is 10.2. The van der Waals surface area contributed by atoms with E-state index in [0.717, 1.165) is 5.56 Å². The van der Waals surface area contributed by atoms with E-state index in [-0.39, 0.29) is 6.42 Å². The van der Waals surface area contributed by atoms with Crippen LogP contribution < -0.4 is 5.32 Å². The van der Waals surface area contributed by atoms with E-state index in [1.807, 2.05) is 0 Å². The van der Waals surface area contributed by atoms with Crippen molar-refractivity contribution < 1.29 is 9.90 Å². The lowest BCUT2D eigenvalue weighted by molar-refractivity contribution is -0.136. The molecule has 0 spiro atoms. The van der Waals surface area contributed by atoms with Crippen LogP contribution in [0.3, 0.4) is 0 Å². The molecule has 0 aliphatic heterocycles. The molecule has 5 nitrogen and oxygen atoms in total. The molecule has 1 heterocycles. The Morgan fingerprint density at radius 1 is 1.54 bits per heavy atom. The third-order valence-electron chi connectivity index (χ3n) is 1.56. The quantitative estimate of drug-likeness (QED) is 0.708. The molecule has 13 heavy (non-hydrogen) atoms. The van der Waals surface area contributed by atoms with Crippen LogP contribution in [0, 0.1) is 0 Å². The number of hydrogen-bond donors (Lipinski definition) is 2. The van der Waals surface area contributed by atoms with E-state index in [1.165, 1.54) is 0 Å². The fraction of sp³-hybridized carbons (Fsp3) is 0.375. The highest BCUT2D eigenvalue weighted by Crippen LogP contribution is 2.02. The van der Waals surface area contributed by atoms with Crippen molar-refractivity contribution in [3.63, 3.8) is 0 Å². The van der Waals surface area contributed by atoms with Crippen molar-refractivity contribution in [3.8, 4) is 0 Å². The molecular formula is C8H11N3O2. The largest absolute Gasteiger partial charge is 0.481 e. The third-order valence-corrected chi connectivity index (χ3v) is 1.56. The molecule has 0 aliphatic carbocycles. The highest BCUT2D eigenvalue weighted by Gasteiger charge is 1.99. The summed E-state index contributed by atoms with van der Waals surface area (Å²) in [6, 6.07) is 0. The summed E-state index contributed by atoms with van der Waals surface area (Å²) in [5.74, 6) is -0.267. The Bertz CT molecular complexity index is 284. The van der Waals surface area contributed by atoms with E-state index in [1.54, 1.807) is 19.4 Å². The second-order valence-corrected chi connectivity index (χ2v) is 2.56. The van der Waals surface area contributed by atoms with Crippen molar-refractivity contribution in [2.75, 3.05) is 12.4 Å². The molecule has 0 saturated carbocycles. The predicted octanol–water partition coefficient (Wildman–Crippen LogP) is 0.535. The predicted molar refractivity (Wildman–Crippen MR) is 47.5 cm³/mol. The minimum atomic E-state index is -0.808. The molecule has 0 bridgehead atoms. The van der Waals surface area contributed by atoms with Crippen molar-refractivity contribution >= 4 is 11.9 Å². The summed E-state index contributed by atoms with van der Waals surface area (Å²) in [6.07, 6.45) is 3.84. The molecule has 1 rings (SSSR count). The van der Waals surface area contributed by atoms with E-state index in [4.69, 9.17) is 5.11 Å². The number of carbonyl (C=O) groups is 1. The Balaban J connectivity index is 2.54. The lowest BCUT2D eigenvalue weighted by Crippen LogP contribution is -2.00. The van der Waals surface area contributed by atoms with Crippen LogP contribution in [0.5, 0.6) is 0 Å². The Hall–Kier alpha value is -1.65. The van der Waals surface area contributed by atoms with Crippen molar-refractivity contribution in [3.05, 3.63) is 18.0 Å². The summed E-state index contributed by atoms with van der Waals surface area (Å²) in [7, 11) is 1.73. The van der Waals surface area contributed by atoms with Gasteiger partial charge in [-0.15, -0.1) is 0 Å². The standard InChI is InChI=1S/C8H11N3O2/c1-9-8-10-4-6(5-11-8)2-3-7(12)13/h4-5H,2-3H2,1H3,(H,12,13)(H,9,10,11). The van der Waals surface area contributed by atoms with Crippen LogP contribution in [0.4, 0.5) is 5.95 Å². The number of anilines is 1. The molecular weight excluding hydrogens is 170 g/mol. The fourth-order valence-electron chi connectivity index (χ4n) is 0.864. The zero-order valence-electron chi connectivity index (χ0n) is 7.32. The Kier molecular flexibility index (Phi) is 3.19. The summed E-state index contributed by atoms with van der Waals surface area (Å²) >= 11 is 0. The van der Waals surface area contributed by atoms with E-state index in [2.05, 4.69) is 15.3 Å². The number of nitrogens with one attached hydrogen (secondary N) is 1. The molecule has 0 saturated heterocycles. The van der Waals surface area contributed by atoms with E-state index in [9.17, 15) is 4.79 Å². The van der Waals surface area contributed by atoms with Crippen molar-refractivity contribution in [1.29, 1.82) is 0 Å². The molecule has 0 amide bonds. The van der Waals surface area contributed by atoms with Gasteiger partial charge in [-0.2, -0.15) is 0 Å². The first kappa shape index (κ1) is 9.44. The second-order valence-electron chi connectivity index (χ2n) is 2.56. The Labute approximate surface area is 75.8 Å². The highest BCUT2D eigenvalue weighted by molar-refractivity contribution is 5.67. The molecule has 0 aliphatic rings. The minimum absolute atomic E-state index is 0.113. The average molecular weight is 181 g/mol. The smallest absolute Gasteiger partial charge is 0.303 e. The molecule has 0 radical (unpaired) electrons. The highest BCUT2D eigenvalue weighted by atomic mass is 16.4. The van der Waals surface area contributed by atoms with Crippen LogP contribution in [0.2, 0.25) is 0 Å². The van der Waals surface area contributed by atoms with Gasteiger partial charge in [-0.05, 0) is 12.0 Å². The average Bonchev–Trinajstić information content (AvgIpc) is 2.15. The number of aliphatic carboxylic acids is 1. The van der Waals surface area contributed by atoms with Gasteiger partial charge in [0.2, 0.25) is 5.95 Å². The lowest BCUT2D eigenvalue weighted by Gasteiger charge is -1.99. The maximum Gasteiger partial charge on any atom is 0.303 e. The first-order valence-corrected chi connectivity index (χ1v) is 3.93. The maximum atomic E-state index is 10.2. The number of nitrogens with zero attached hydrogens (tertiary/aromatic N) is 2. The van der Waals surface area contributed by atoms with E-state index >= 15 is 0 Å². The molecule has 1 aromatic rings. The van der Waals surface area contributed by atoms with Crippen LogP contribution in [0.15, 0.2) is 12.4 Å². The number of carboxylic acids is 1. The van der Waals surface area contributed by atoms with Gasteiger partial charge in [0.15, 0.2) is 0 Å². The first-order valence-electron chi connectivity index (χ1n) is 3.93. The molecule has 5 heteroatoms. The van der Waals surface area contributed by atoms with Crippen LogP contribution in [0.25, 0.3) is 0 Å². The number of aromatic nitrogens is 2. The van der Waals surface area contributed by atoms with Gasteiger partial charge in [0, 0.05) is 25.9 Å². The monoisotopic (exact) mass is 181 g/mol. The van der Waals surface area contributed by atoms with Gasteiger partial charge < -0.3 is 10.4 Å². The second kappa shape index (κ2) is 4.39. The normalized spacial score (nSPS) is 9.62. The van der Waals surface area contributed by atoms with Crippen molar-refractivity contribution in [2.24, 2.45) is 0 Å². The third kappa shape index (κ3) is 3.06. The van der Waals surface area contributed by atoms with Crippen molar-refractivity contribution in [2.45, 2.75) is 12.8 Å². The number of aryl methyl sites for hydroxylation is 1. The minimum Gasteiger partial charge on any atom is -0.481 e. The van der Waals surface area contributed by atoms with Gasteiger partial charge in [0.1, 0.15) is 0 Å². The summed E-state index contributed by atoms with van der Waals surface area (Å²) in [6.45, 7) is 0. The van der Waals surface area contributed by atoms with Gasteiger partial charge >= 0.3 is 5.97 Å². The first-order chi connectivity index (χ1) is 6.22. The fourth-order valence-corrected chi connectivity index (χ4v) is 0.864. The topological polar surface area (TPSA) is 75.1 Å². The number of rotatable bonds is 4. The van der Waals surface area contributed by atoms with Gasteiger partial charge in [0.05, 0.1) is 0 Å². The molecule has 0 fully saturated rings. The zero-order chi connectivity index (χ0) is 9.68. The van der Waals surface area contributed by atoms with E-state index in [0.29, 0.717) is 12.4 Å². The van der Waals surface area contributed by atoms with Crippen LogP contribution in [-0.4, -0.2) is 28.1 Å². The van der Waals surface area contributed by atoms with Crippen LogP contribution in [-0.2, 0) is 11.2 Å². The van der Waals surface area contributed by atoms with Crippen LogP contribution >= 0.6 is 0 Å². The van der Waals surface area contributed by atoms with Crippen molar-refractivity contribution in [1.82, 2.24) is 9.97 Å². The Morgan fingerprint density at radius 3 is 2.62 bits per heavy atom. The summed E-state index contributed by atoms with van der Waals surface area (Å²) in [5, 5.41) is 11.2. The molecule has 0 unspecified atom stereocenters. The van der Waals surface area contributed by atoms with Gasteiger partial charge in [0.25, 0.3) is 0 Å². The summed E-state index contributed by atoms with van der Waals surface area (Å²) in [5.41, 5.74) is 0.835. The lowest BCUT2D eigenvalue weighted by atomic mass is 10.2. The van der Waals surface area contributed by atoms with Gasteiger partial charge in [-0.25, -0.2) is 9.97 Å². The summed E-state index contributed by atoms with van der Waals surface area (Å²) in [4.78, 5) is 18.2. The SMILES string of the molecule is CNc1ncc(CCC(=O)O)cn1. The van der Waals surface area contributed by atoms with Crippen LogP contribution in [0.1, 0.15) is 12.0 Å². The van der Waals surface area contributed by atoms with E-state index < -0.39 is 5.97 Å². The zero-order valence-corrected chi connectivity index (χ0v) is 7.32.